The largest absolute Gasteiger partial charge is 0.480 e. The summed E-state index contributed by atoms with van der Waals surface area (Å²) in [6.45, 7) is 5.73. The number of non-ortho nitro benzene ring substituents is 1. The number of rotatable bonds is 23. The fraction of sp³-hybridized carbons (Fsp3) is 0.528. The van der Waals surface area contributed by atoms with E-state index in [-0.39, 0.29) is 42.7 Å². The number of carbonyl (C=O) groups is 5. The van der Waals surface area contributed by atoms with Crippen LogP contribution in [0.1, 0.15) is 101 Å². The highest BCUT2D eigenvalue weighted by Gasteiger charge is 2.29. The highest BCUT2D eigenvalue weighted by molar-refractivity contribution is 5.99. The van der Waals surface area contributed by atoms with Crippen LogP contribution in [0.5, 0.6) is 0 Å². The Morgan fingerprint density at radius 1 is 0.780 bits per heavy atom. The van der Waals surface area contributed by atoms with E-state index in [2.05, 4.69) is 21.3 Å². The van der Waals surface area contributed by atoms with E-state index in [4.69, 9.17) is 5.73 Å². The minimum atomic E-state index is -1.21. The summed E-state index contributed by atoms with van der Waals surface area (Å²) >= 11 is 0. The molecule has 4 amide bonds. The van der Waals surface area contributed by atoms with Crippen LogP contribution in [0.15, 0.2) is 48.5 Å². The van der Waals surface area contributed by atoms with Gasteiger partial charge in [0.25, 0.3) is 11.6 Å². The zero-order valence-electron chi connectivity index (χ0n) is 29.2. The monoisotopic (exact) mass is 696 g/mol. The van der Waals surface area contributed by atoms with Gasteiger partial charge in [0.1, 0.15) is 18.1 Å². The number of amides is 4. The molecule has 2 aromatic carbocycles. The molecule has 0 fully saturated rings. The summed E-state index contributed by atoms with van der Waals surface area (Å²) in [5.74, 6) is -3.04. The summed E-state index contributed by atoms with van der Waals surface area (Å²) < 4.78 is 0. The summed E-state index contributed by atoms with van der Waals surface area (Å²) in [4.78, 5) is 73.2. The van der Waals surface area contributed by atoms with E-state index in [0.29, 0.717) is 29.8 Å². The quantitative estimate of drug-likeness (QED) is 0.0422. The molecule has 0 saturated carbocycles. The van der Waals surface area contributed by atoms with Crippen LogP contribution in [-0.4, -0.2) is 64.3 Å². The fourth-order valence-electron chi connectivity index (χ4n) is 5.31. The number of carboxylic acids is 1. The molecule has 0 aliphatic carbocycles. The maximum Gasteiger partial charge on any atom is 0.326 e. The molecule has 0 aromatic heterocycles. The first-order valence-corrected chi connectivity index (χ1v) is 17.3. The van der Waals surface area contributed by atoms with Gasteiger partial charge in [-0.25, -0.2) is 4.79 Å². The van der Waals surface area contributed by atoms with Gasteiger partial charge in [-0.2, -0.15) is 0 Å². The van der Waals surface area contributed by atoms with Gasteiger partial charge in [-0.3, -0.25) is 29.3 Å². The molecule has 14 nitrogen and oxygen atoms in total. The predicted octanol–water partition coefficient (Wildman–Crippen LogP) is 4.27. The van der Waals surface area contributed by atoms with Crippen LogP contribution in [-0.2, 0) is 25.6 Å². The standard InChI is InChI=1S/C36H52N6O8/c1-24(2)22-31(36(47)48)41-35(46)30(23-26-17-19-27(20-18-26)42(49)50)40-33(44)25(3)39-32(43)16-10-8-6-4-5-7-9-13-21-38-34(45)28-14-11-12-15-29(28)37/h11-12,14-15,17-20,24-25,30-31H,4-10,13,16,21-23,37H2,1-3H3,(H,38,45)(H,39,43)(H,40,44)(H,41,46)(H,47,48)/t25-,30-,31-/m0/s1. The number of nitrogen functional groups attached to an aromatic ring is 1. The maximum atomic E-state index is 13.2. The van der Waals surface area contributed by atoms with Crippen molar-refractivity contribution >= 4 is 41.0 Å². The van der Waals surface area contributed by atoms with E-state index < -0.39 is 40.8 Å². The van der Waals surface area contributed by atoms with Gasteiger partial charge in [0.15, 0.2) is 0 Å². The SMILES string of the molecule is CC(C)C[C@H](NC(=O)[C@H](Cc1ccc([N+](=O)[O-])cc1)NC(=O)[C@H](C)NC(=O)CCCCCCCCCCNC(=O)c1ccccc1N)C(=O)O. The average molecular weight is 697 g/mol. The number of nitrogens with two attached hydrogens (primary N) is 1. The number of aliphatic carboxylic acids is 1. The second-order valence-electron chi connectivity index (χ2n) is 12.9. The number of hydrogen-bond donors (Lipinski definition) is 6. The van der Waals surface area contributed by atoms with Gasteiger partial charge in [0, 0.05) is 37.2 Å². The minimum Gasteiger partial charge on any atom is -0.480 e. The Balaban J connectivity index is 1.73. The molecule has 0 heterocycles. The molecule has 0 aliphatic heterocycles. The molecule has 274 valence electrons. The van der Waals surface area contributed by atoms with Crippen LogP contribution in [0.3, 0.4) is 0 Å². The summed E-state index contributed by atoms with van der Waals surface area (Å²) in [5, 5.41) is 31.3. The van der Waals surface area contributed by atoms with E-state index in [1.165, 1.54) is 31.2 Å². The minimum absolute atomic E-state index is 0.0204. The van der Waals surface area contributed by atoms with Gasteiger partial charge in [0.2, 0.25) is 17.7 Å². The van der Waals surface area contributed by atoms with E-state index in [9.17, 15) is 39.2 Å². The van der Waals surface area contributed by atoms with E-state index in [1.807, 2.05) is 13.8 Å². The van der Waals surface area contributed by atoms with Crippen molar-refractivity contribution in [2.45, 2.75) is 110 Å². The summed E-state index contributed by atoms with van der Waals surface area (Å²) in [6, 6.07) is 9.13. The molecule has 0 unspecified atom stereocenters. The summed E-state index contributed by atoms with van der Waals surface area (Å²) in [5.41, 5.74) is 7.16. The van der Waals surface area contributed by atoms with Crippen LogP contribution in [0.4, 0.5) is 11.4 Å². The maximum absolute atomic E-state index is 13.2. The van der Waals surface area contributed by atoms with Crippen LogP contribution in [0, 0.1) is 16.0 Å². The Morgan fingerprint density at radius 3 is 1.94 bits per heavy atom. The molecule has 0 radical (unpaired) electrons. The first kappa shape index (κ1) is 41.2. The number of anilines is 1. The third kappa shape index (κ3) is 15.5. The van der Waals surface area contributed by atoms with Crippen molar-refractivity contribution < 1.29 is 34.0 Å². The smallest absolute Gasteiger partial charge is 0.326 e. The Morgan fingerprint density at radius 2 is 1.36 bits per heavy atom. The topological polar surface area (TPSA) is 223 Å². The van der Waals surface area contributed by atoms with Crippen molar-refractivity contribution in [1.29, 1.82) is 0 Å². The molecule has 3 atom stereocenters. The number of nitro groups is 1. The van der Waals surface area contributed by atoms with E-state index in [0.717, 1.165) is 44.9 Å². The first-order valence-electron chi connectivity index (χ1n) is 17.3. The lowest BCUT2D eigenvalue weighted by Gasteiger charge is -2.24. The molecule has 0 bridgehead atoms. The van der Waals surface area contributed by atoms with E-state index in [1.54, 1.807) is 24.3 Å². The average Bonchev–Trinajstić information content (AvgIpc) is 3.06. The molecular formula is C36H52N6O8. The number of unbranched alkanes of at least 4 members (excludes halogenated alkanes) is 7. The van der Waals surface area contributed by atoms with E-state index >= 15 is 0 Å². The third-order valence-corrected chi connectivity index (χ3v) is 8.13. The van der Waals surface area contributed by atoms with Crippen molar-refractivity contribution in [1.82, 2.24) is 21.3 Å². The molecule has 0 aliphatic rings. The van der Waals surface area contributed by atoms with Crippen molar-refractivity contribution in [2.24, 2.45) is 5.92 Å². The van der Waals surface area contributed by atoms with Crippen LogP contribution < -0.4 is 27.0 Å². The third-order valence-electron chi connectivity index (χ3n) is 8.13. The summed E-state index contributed by atoms with van der Waals surface area (Å²) in [7, 11) is 0. The molecule has 50 heavy (non-hydrogen) atoms. The number of nitrogens with zero attached hydrogens (tertiary/aromatic N) is 1. The Hall–Kier alpha value is -5.01. The van der Waals surface area contributed by atoms with Gasteiger partial charge in [-0.1, -0.05) is 76.6 Å². The molecule has 2 rings (SSSR count). The molecular weight excluding hydrogens is 644 g/mol. The molecule has 7 N–H and O–H groups in total. The van der Waals surface area contributed by atoms with Gasteiger partial charge < -0.3 is 32.1 Å². The van der Waals surface area contributed by atoms with Gasteiger partial charge in [-0.15, -0.1) is 0 Å². The number of hydrogen-bond acceptors (Lipinski definition) is 8. The van der Waals surface area contributed by atoms with Crippen molar-refractivity contribution in [3.05, 3.63) is 69.8 Å². The highest BCUT2D eigenvalue weighted by Crippen LogP contribution is 2.15. The molecule has 2 aromatic rings. The molecule has 0 saturated heterocycles. The van der Waals surface area contributed by atoms with Crippen LogP contribution >= 0.6 is 0 Å². The zero-order chi connectivity index (χ0) is 37.1. The molecule has 0 spiro atoms. The number of nitro benzene ring substituents is 1. The normalized spacial score (nSPS) is 12.7. The second kappa shape index (κ2) is 21.9. The lowest BCUT2D eigenvalue weighted by Crippen LogP contribution is -2.56. The van der Waals surface area contributed by atoms with Crippen LogP contribution in [0.25, 0.3) is 0 Å². The lowest BCUT2D eigenvalue weighted by molar-refractivity contribution is -0.384. The Bertz CT molecular complexity index is 1430. The Labute approximate surface area is 293 Å². The number of benzene rings is 2. The number of nitrogens with one attached hydrogen (secondary N) is 4. The zero-order valence-corrected chi connectivity index (χ0v) is 29.2. The van der Waals surface area contributed by atoms with Crippen molar-refractivity contribution in [3.8, 4) is 0 Å². The molecule has 14 heteroatoms. The highest BCUT2D eigenvalue weighted by atomic mass is 16.6. The number of carbonyl (C=O) groups excluding carboxylic acids is 4. The fourth-order valence-corrected chi connectivity index (χ4v) is 5.31. The summed E-state index contributed by atoms with van der Waals surface area (Å²) in [6.07, 6.45) is 7.89. The van der Waals surface area contributed by atoms with Gasteiger partial charge in [-0.05, 0) is 49.8 Å². The van der Waals surface area contributed by atoms with Crippen LogP contribution in [0.2, 0.25) is 0 Å². The number of para-hydroxylation sites is 1. The lowest BCUT2D eigenvalue weighted by atomic mass is 10.0. The number of carboxylic acid groups (broad SMARTS) is 1. The second-order valence-corrected chi connectivity index (χ2v) is 12.9. The first-order chi connectivity index (χ1) is 23.8. The van der Waals surface area contributed by atoms with Crippen molar-refractivity contribution in [3.63, 3.8) is 0 Å². The van der Waals surface area contributed by atoms with Gasteiger partial charge >= 0.3 is 5.97 Å². The predicted molar refractivity (Wildman–Crippen MR) is 190 cm³/mol. The Kier molecular flexibility index (Phi) is 18.0. The van der Waals surface area contributed by atoms with Gasteiger partial charge in [0.05, 0.1) is 10.5 Å². The van der Waals surface area contributed by atoms with Crippen molar-refractivity contribution in [2.75, 3.05) is 12.3 Å².